The normalized spacial score (nSPS) is 20.1. The molecule has 0 unspecified atom stereocenters. The second kappa shape index (κ2) is 8.12. The van der Waals surface area contributed by atoms with Gasteiger partial charge in [0.05, 0.1) is 31.6 Å². The van der Waals surface area contributed by atoms with Crippen molar-refractivity contribution in [1.82, 2.24) is 0 Å². The fourth-order valence-corrected chi connectivity index (χ4v) is 5.29. The van der Waals surface area contributed by atoms with Gasteiger partial charge >= 0.3 is 0 Å². The molecule has 0 saturated carbocycles. The molecule has 2 atom stereocenters. The van der Waals surface area contributed by atoms with Gasteiger partial charge in [0.1, 0.15) is 0 Å². The minimum absolute atomic E-state index is 0.0767. The molecule has 0 saturated heterocycles. The van der Waals surface area contributed by atoms with Gasteiger partial charge in [-0.3, -0.25) is 4.79 Å². The highest BCUT2D eigenvalue weighted by molar-refractivity contribution is 7.10. The van der Waals surface area contributed by atoms with Crippen molar-refractivity contribution < 1.29 is 14.3 Å². The van der Waals surface area contributed by atoms with E-state index in [1.807, 2.05) is 42.5 Å². The van der Waals surface area contributed by atoms with E-state index in [0.717, 1.165) is 39.5 Å². The zero-order valence-electron chi connectivity index (χ0n) is 17.5. The third kappa shape index (κ3) is 3.57. The van der Waals surface area contributed by atoms with Crippen LogP contribution in [0.15, 0.2) is 71.2 Å². The molecule has 31 heavy (non-hydrogen) atoms. The molecule has 6 heteroatoms. The van der Waals surface area contributed by atoms with Gasteiger partial charge in [-0.05, 0) is 53.6 Å². The van der Waals surface area contributed by atoms with Gasteiger partial charge < -0.3 is 20.1 Å². The molecule has 1 aliphatic carbocycles. The number of rotatable bonds is 4. The van der Waals surface area contributed by atoms with Crippen molar-refractivity contribution in [2.24, 2.45) is 0 Å². The fraction of sp³-hybridized carbons (Fsp3) is 0.240. The Kier molecular flexibility index (Phi) is 5.16. The van der Waals surface area contributed by atoms with Crippen LogP contribution in [-0.4, -0.2) is 20.0 Å². The number of fused-ring (bicyclic) bond motifs is 1. The van der Waals surface area contributed by atoms with E-state index in [4.69, 9.17) is 9.47 Å². The van der Waals surface area contributed by atoms with Gasteiger partial charge in [0, 0.05) is 22.6 Å². The van der Waals surface area contributed by atoms with Crippen LogP contribution < -0.4 is 20.1 Å². The highest BCUT2D eigenvalue weighted by Gasteiger charge is 2.36. The van der Waals surface area contributed by atoms with Crippen molar-refractivity contribution in [2.75, 3.05) is 24.9 Å². The number of hydrogen-bond donors (Lipinski definition) is 2. The number of anilines is 2. The summed E-state index contributed by atoms with van der Waals surface area (Å²) >= 11 is 1.67. The van der Waals surface area contributed by atoms with E-state index in [-0.39, 0.29) is 17.7 Å². The van der Waals surface area contributed by atoms with Crippen molar-refractivity contribution in [1.29, 1.82) is 0 Å². The monoisotopic (exact) mass is 432 g/mol. The highest BCUT2D eigenvalue weighted by atomic mass is 32.1. The van der Waals surface area contributed by atoms with E-state index in [1.54, 1.807) is 25.6 Å². The van der Waals surface area contributed by atoms with Crippen LogP contribution in [-0.2, 0) is 4.79 Å². The van der Waals surface area contributed by atoms with Crippen LogP contribution in [0.2, 0.25) is 0 Å². The smallest absolute Gasteiger partial charge is 0.163 e. The summed E-state index contributed by atoms with van der Waals surface area (Å²) in [7, 11) is 3.26. The molecule has 0 spiro atoms. The molecule has 0 amide bonds. The lowest BCUT2D eigenvalue weighted by atomic mass is 9.79. The molecule has 0 fully saturated rings. The number of ether oxygens (including phenoxy) is 2. The molecule has 1 aromatic heterocycles. The van der Waals surface area contributed by atoms with Gasteiger partial charge in [-0.2, -0.15) is 0 Å². The molecule has 0 bridgehead atoms. The topological polar surface area (TPSA) is 59.6 Å². The number of methoxy groups -OCH3 is 2. The van der Waals surface area contributed by atoms with Crippen molar-refractivity contribution >= 4 is 28.5 Å². The van der Waals surface area contributed by atoms with Crippen molar-refractivity contribution in [3.63, 3.8) is 0 Å². The Morgan fingerprint density at radius 3 is 2.48 bits per heavy atom. The molecule has 1 aliphatic heterocycles. The molecule has 5 nitrogen and oxygen atoms in total. The summed E-state index contributed by atoms with van der Waals surface area (Å²) in [6, 6.07) is 18.0. The number of nitrogens with one attached hydrogen (secondary N) is 2. The summed E-state index contributed by atoms with van der Waals surface area (Å²) in [6.45, 7) is 0. The van der Waals surface area contributed by atoms with Crippen LogP contribution in [0, 0.1) is 0 Å². The van der Waals surface area contributed by atoms with E-state index in [1.165, 1.54) is 0 Å². The number of hydrogen-bond acceptors (Lipinski definition) is 6. The van der Waals surface area contributed by atoms with E-state index < -0.39 is 0 Å². The average Bonchev–Trinajstić information content (AvgIpc) is 3.27. The Hall–Kier alpha value is -3.25. The number of carbonyl (C=O) groups excluding carboxylic acids is 1. The summed E-state index contributed by atoms with van der Waals surface area (Å²) in [5.41, 5.74) is 4.92. The number of benzene rings is 2. The van der Waals surface area contributed by atoms with Gasteiger partial charge in [-0.15, -0.1) is 11.3 Å². The summed E-state index contributed by atoms with van der Waals surface area (Å²) in [4.78, 5) is 14.7. The summed E-state index contributed by atoms with van der Waals surface area (Å²) in [5, 5.41) is 9.25. The SMILES string of the molecule is COc1ccc([C@@H]2CC(=O)C3=C(C2)Nc2ccccc2N[C@H]3c2cccs2)cc1OC. The number of para-hydroxylation sites is 2. The Morgan fingerprint density at radius 2 is 1.74 bits per heavy atom. The largest absolute Gasteiger partial charge is 0.493 e. The summed E-state index contributed by atoms with van der Waals surface area (Å²) in [5.74, 6) is 1.63. The van der Waals surface area contributed by atoms with E-state index in [9.17, 15) is 4.79 Å². The maximum Gasteiger partial charge on any atom is 0.163 e. The van der Waals surface area contributed by atoms with Crippen molar-refractivity contribution in [3.05, 3.63) is 81.7 Å². The quantitative estimate of drug-likeness (QED) is 0.550. The van der Waals surface area contributed by atoms with Crippen molar-refractivity contribution in [3.8, 4) is 11.5 Å². The molecule has 2 heterocycles. The Labute approximate surface area is 185 Å². The Bertz CT molecular complexity index is 1150. The maximum atomic E-state index is 13.5. The van der Waals surface area contributed by atoms with Crippen LogP contribution in [0.3, 0.4) is 0 Å². The number of carbonyl (C=O) groups is 1. The highest BCUT2D eigenvalue weighted by Crippen LogP contribution is 2.45. The number of ketones is 1. The first-order valence-electron chi connectivity index (χ1n) is 10.3. The lowest BCUT2D eigenvalue weighted by Gasteiger charge is -2.29. The van der Waals surface area contributed by atoms with Crippen LogP contribution in [0.4, 0.5) is 11.4 Å². The van der Waals surface area contributed by atoms with Gasteiger partial charge in [0.15, 0.2) is 17.3 Å². The van der Waals surface area contributed by atoms with E-state index >= 15 is 0 Å². The standard InChI is InChI=1S/C25H24N2O3S/c1-29-21-10-9-15(14-22(21)30-2)16-12-19-24(20(28)13-16)25(23-8-5-11-31-23)27-18-7-4-3-6-17(18)26-19/h3-11,14,16,25-27H,12-13H2,1-2H3/t16-,25-/m0/s1. The zero-order valence-corrected chi connectivity index (χ0v) is 18.3. The second-order valence-corrected chi connectivity index (χ2v) is 8.78. The Balaban J connectivity index is 1.56. The Morgan fingerprint density at radius 1 is 0.935 bits per heavy atom. The molecular formula is C25H24N2O3S. The molecule has 2 aromatic carbocycles. The summed E-state index contributed by atoms with van der Waals surface area (Å²) in [6.07, 6.45) is 1.23. The van der Waals surface area contributed by atoms with Crippen molar-refractivity contribution in [2.45, 2.75) is 24.8 Å². The minimum Gasteiger partial charge on any atom is -0.493 e. The second-order valence-electron chi connectivity index (χ2n) is 7.80. The first kappa shape index (κ1) is 19.7. The predicted octanol–water partition coefficient (Wildman–Crippen LogP) is 5.74. The average molecular weight is 433 g/mol. The van der Waals surface area contributed by atoms with Crippen LogP contribution >= 0.6 is 11.3 Å². The molecule has 158 valence electrons. The summed E-state index contributed by atoms with van der Waals surface area (Å²) < 4.78 is 10.9. The molecule has 3 aromatic rings. The molecule has 2 aliphatic rings. The zero-order chi connectivity index (χ0) is 21.4. The minimum atomic E-state index is -0.148. The number of allylic oxidation sites excluding steroid dienone is 1. The number of Topliss-reactive ketones (excluding diaryl/α,β-unsaturated/α-hetero) is 1. The predicted molar refractivity (Wildman–Crippen MR) is 124 cm³/mol. The lowest BCUT2D eigenvalue weighted by molar-refractivity contribution is -0.116. The van der Waals surface area contributed by atoms with E-state index in [2.05, 4.69) is 28.1 Å². The van der Waals surface area contributed by atoms with Crippen LogP contribution in [0.5, 0.6) is 11.5 Å². The first-order chi connectivity index (χ1) is 15.2. The van der Waals surface area contributed by atoms with E-state index in [0.29, 0.717) is 17.9 Å². The van der Waals surface area contributed by atoms with Crippen LogP contribution in [0.25, 0.3) is 0 Å². The first-order valence-corrected chi connectivity index (χ1v) is 11.2. The fourth-order valence-electron chi connectivity index (χ4n) is 4.50. The van der Waals surface area contributed by atoms with Gasteiger partial charge in [0.25, 0.3) is 0 Å². The number of thiophene rings is 1. The molecular weight excluding hydrogens is 408 g/mol. The third-order valence-corrected chi connectivity index (χ3v) is 6.95. The molecule has 2 N–H and O–H groups in total. The molecule has 0 radical (unpaired) electrons. The molecule has 5 rings (SSSR count). The third-order valence-electron chi connectivity index (χ3n) is 6.02. The van der Waals surface area contributed by atoms with Crippen LogP contribution in [0.1, 0.15) is 35.2 Å². The van der Waals surface area contributed by atoms with Gasteiger partial charge in [-0.25, -0.2) is 0 Å². The van der Waals surface area contributed by atoms with Gasteiger partial charge in [-0.1, -0.05) is 24.3 Å². The van der Waals surface area contributed by atoms with Gasteiger partial charge in [0.2, 0.25) is 0 Å². The maximum absolute atomic E-state index is 13.5. The lowest BCUT2D eigenvalue weighted by Crippen LogP contribution is -2.26.